The second-order valence-electron chi connectivity index (χ2n) is 4.78. The Balaban J connectivity index is 2.12. The van der Waals surface area contributed by atoms with Gasteiger partial charge in [-0.3, -0.25) is 4.79 Å². The van der Waals surface area contributed by atoms with E-state index in [1.165, 1.54) is 0 Å². The summed E-state index contributed by atoms with van der Waals surface area (Å²) in [6.07, 6.45) is 0. The third-order valence-corrected chi connectivity index (χ3v) is 2.64. The van der Waals surface area contributed by atoms with Crippen molar-refractivity contribution in [2.45, 2.75) is 32.9 Å². The minimum absolute atomic E-state index is 0.0943. The lowest BCUT2D eigenvalue weighted by Gasteiger charge is -2.16. The molecule has 0 spiro atoms. The summed E-state index contributed by atoms with van der Waals surface area (Å²) < 4.78 is 1.55. The van der Waals surface area contributed by atoms with E-state index in [4.69, 9.17) is 0 Å². The van der Waals surface area contributed by atoms with Gasteiger partial charge < -0.3 is 10.6 Å². The van der Waals surface area contributed by atoms with Crippen molar-refractivity contribution >= 4 is 11.9 Å². The predicted molar refractivity (Wildman–Crippen MR) is 75.5 cm³/mol. The van der Waals surface area contributed by atoms with Gasteiger partial charge in [0.25, 0.3) is 0 Å². The summed E-state index contributed by atoms with van der Waals surface area (Å²) >= 11 is 0. The molecule has 0 bridgehead atoms. The van der Waals surface area contributed by atoms with E-state index in [0.29, 0.717) is 5.95 Å². The molecule has 1 aromatic carbocycles. The van der Waals surface area contributed by atoms with Gasteiger partial charge in [-0.2, -0.15) is 4.68 Å². The summed E-state index contributed by atoms with van der Waals surface area (Å²) in [6.45, 7) is 5.60. The SMILES string of the molecule is CC(C)NC(=O)C(C)Nc1nnnn1-c1ccccc1. The lowest BCUT2D eigenvalue weighted by Crippen LogP contribution is -2.41. The zero-order chi connectivity index (χ0) is 14.5. The Hall–Kier alpha value is -2.44. The van der Waals surface area contributed by atoms with Gasteiger partial charge in [-0.05, 0) is 43.3 Å². The van der Waals surface area contributed by atoms with Gasteiger partial charge in [-0.15, -0.1) is 0 Å². The monoisotopic (exact) mass is 274 g/mol. The standard InChI is InChI=1S/C13H18N6O/c1-9(2)14-12(20)10(3)15-13-16-17-18-19(13)11-7-5-4-6-8-11/h4-10H,1-3H3,(H,14,20)(H,15,16,18). The lowest BCUT2D eigenvalue weighted by atomic mass is 10.3. The molecule has 0 aliphatic heterocycles. The number of tetrazole rings is 1. The van der Waals surface area contributed by atoms with Crippen LogP contribution in [0.15, 0.2) is 30.3 Å². The van der Waals surface area contributed by atoms with E-state index in [1.54, 1.807) is 11.6 Å². The van der Waals surface area contributed by atoms with Gasteiger partial charge in [0.1, 0.15) is 6.04 Å². The molecule has 0 radical (unpaired) electrons. The summed E-state index contributed by atoms with van der Waals surface area (Å²) in [7, 11) is 0. The lowest BCUT2D eigenvalue weighted by molar-refractivity contribution is -0.122. The molecule has 1 amide bonds. The van der Waals surface area contributed by atoms with Gasteiger partial charge in [0.05, 0.1) is 5.69 Å². The van der Waals surface area contributed by atoms with E-state index in [-0.39, 0.29) is 11.9 Å². The van der Waals surface area contributed by atoms with Crippen molar-refractivity contribution in [3.63, 3.8) is 0 Å². The molecular formula is C13H18N6O. The molecule has 7 heteroatoms. The van der Waals surface area contributed by atoms with Crippen LogP contribution in [0.1, 0.15) is 20.8 Å². The highest BCUT2D eigenvalue weighted by Crippen LogP contribution is 2.11. The van der Waals surface area contributed by atoms with Crippen LogP contribution in [0.3, 0.4) is 0 Å². The van der Waals surface area contributed by atoms with Gasteiger partial charge in [0.15, 0.2) is 0 Å². The average Bonchev–Trinajstić information content (AvgIpc) is 2.87. The molecule has 1 unspecified atom stereocenters. The first kappa shape index (κ1) is 14.0. The topological polar surface area (TPSA) is 84.7 Å². The van der Waals surface area contributed by atoms with Crippen molar-refractivity contribution in [3.05, 3.63) is 30.3 Å². The number of amides is 1. The molecule has 0 fully saturated rings. The van der Waals surface area contributed by atoms with Crippen molar-refractivity contribution in [2.24, 2.45) is 0 Å². The number of hydrogen-bond donors (Lipinski definition) is 2. The van der Waals surface area contributed by atoms with Gasteiger partial charge >= 0.3 is 0 Å². The van der Waals surface area contributed by atoms with Crippen molar-refractivity contribution in [1.29, 1.82) is 0 Å². The Morgan fingerprint density at radius 1 is 1.20 bits per heavy atom. The number of anilines is 1. The number of hydrogen-bond acceptors (Lipinski definition) is 5. The van der Waals surface area contributed by atoms with Crippen molar-refractivity contribution in [2.75, 3.05) is 5.32 Å². The van der Waals surface area contributed by atoms with E-state index in [1.807, 2.05) is 44.2 Å². The van der Waals surface area contributed by atoms with E-state index in [0.717, 1.165) is 5.69 Å². The fourth-order valence-electron chi connectivity index (χ4n) is 1.69. The Labute approximate surface area is 117 Å². The second kappa shape index (κ2) is 6.14. The van der Waals surface area contributed by atoms with Crippen LogP contribution in [0.2, 0.25) is 0 Å². The van der Waals surface area contributed by atoms with Gasteiger partial charge in [0, 0.05) is 6.04 Å². The number of benzene rings is 1. The first-order chi connectivity index (χ1) is 9.58. The molecule has 0 saturated carbocycles. The third kappa shape index (κ3) is 3.31. The van der Waals surface area contributed by atoms with Crippen molar-refractivity contribution in [1.82, 2.24) is 25.5 Å². The molecule has 1 heterocycles. The van der Waals surface area contributed by atoms with Crippen LogP contribution in [-0.4, -0.2) is 38.2 Å². The van der Waals surface area contributed by atoms with Crippen LogP contribution in [0, 0.1) is 0 Å². The molecule has 2 rings (SSSR count). The highest BCUT2D eigenvalue weighted by atomic mass is 16.2. The predicted octanol–water partition coefficient (Wildman–Crippen LogP) is 0.987. The molecule has 2 N–H and O–H groups in total. The fourth-order valence-corrected chi connectivity index (χ4v) is 1.69. The minimum Gasteiger partial charge on any atom is -0.352 e. The number of rotatable bonds is 5. The molecule has 7 nitrogen and oxygen atoms in total. The second-order valence-corrected chi connectivity index (χ2v) is 4.78. The summed E-state index contributed by atoms with van der Waals surface area (Å²) in [5, 5.41) is 17.3. The molecule has 2 aromatic rings. The van der Waals surface area contributed by atoms with Gasteiger partial charge in [-0.1, -0.05) is 23.3 Å². The van der Waals surface area contributed by atoms with Crippen LogP contribution >= 0.6 is 0 Å². The molecular weight excluding hydrogens is 256 g/mol. The first-order valence-electron chi connectivity index (χ1n) is 6.48. The minimum atomic E-state index is -0.425. The summed E-state index contributed by atoms with van der Waals surface area (Å²) in [5.74, 6) is 0.338. The number of para-hydroxylation sites is 1. The molecule has 106 valence electrons. The maximum Gasteiger partial charge on any atom is 0.248 e. The van der Waals surface area contributed by atoms with Gasteiger partial charge in [-0.25, -0.2) is 0 Å². The molecule has 0 saturated heterocycles. The van der Waals surface area contributed by atoms with E-state index in [2.05, 4.69) is 26.2 Å². The Morgan fingerprint density at radius 3 is 2.55 bits per heavy atom. The van der Waals surface area contributed by atoms with E-state index in [9.17, 15) is 4.79 Å². The molecule has 1 aromatic heterocycles. The molecule has 1 atom stereocenters. The van der Waals surface area contributed by atoms with E-state index < -0.39 is 6.04 Å². The Kier molecular flexibility index (Phi) is 4.29. The van der Waals surface area contributed by atoms with E-state index >= 15 is 0 Å². The number of nitrogens with zero attached hydrogens (tertiary/aromatic N) is 4. The quantitative estimate of drug-likeness (QED) is 0.849. The van der Waals surface area contributed by atoms with Crippen LogP contribution in [-0.2, 0) is 4.79 Å². The highest BCUT2D eigenvalue weighted by Gasteiger charge is 2.17. The molecule has 0 aliphatic rings. The first-order valence-corrected chi connectivity index (χ1v) is 6.48. The Morgan fingerprint density at radius 2 is 1.90 bits per heavy atom. The summed E-state index contributed by atoms with van der Waals surface area (Å²) in [4.78, 5) is 11.9. The fraction of sp³-hybridized carbons (Fsp3) is 0.385. The van der Waals surface area contributed by atoms with Crippen molar-refractivity contribution in [3.8, 4) is 5.69 Å². The largest absolute Gasteiger partial charge is 0.352 e. The maximum absolute atomic E-state index is 11.9. The average molecular weight is 274 g/mol. The highest BCUT2D eigenvalue weighted by molar-refractivity contribution is 5.83. The number of carbonyl (C=O) groups excluding carboxylic acids is 1. The molecule has 0 aliphatic carbocycles. The molecule has 20 heavy (non-hydrogen) atoms. The maximum atomic E-state index is 11.9. The van der Waals surface area contributed by atoms with Gasteiger partial charge in [0.2, 0.25) is 11.9 Å². The smallest absolute Gasteiger partial charge is 0.248 e. The summed E-state index contributed by atoms with van der Waals surface area (Å²) in [5.41, 5.74) is 0.830. The van der Waals surface area contributed by atoms with Crippen LogP contribution in [0.4, 0.5) is 5.95 Å². The Bertz CT molecular complexity index is 565. The number of nitrogens with one attached hydrogen (secondary N) is 2. The normalized spacial score (nSPS) is 12.2. The van der Waals surface area contributed by atoms with Crippen LogP contribution in [0.25, 0.3) is 5.69 Å². The van der Waals surface area contributed by atoms with Crippen LogP contribution < -0.4 is 10.6 Å². The summed E-state index contributed by atoms with van der Waals surface area (Å²) in [6, 6.07) is 9.16. The van der Waals surface area contributed by atoms with Crippen LogP contribution in [0.5, 0.6) is 0 Å². The number of carbonyl (C=O) groups is 1. The zero-order valence-electron chi connectivity index (χ0n) is 11.7. The van der Waals surface area contributed by atoms with Crippen molar-refractivity contribution < 1.29 is 4.79 Å². The third-order valence-electron chi connectivity index (χ3n) is 2.64. The zero-order valence-corrected chi connectivity index (χ0v) is 11.7. The number of aromatic nitrogens is 4.